The molecule has 0 aliphatic heterocycles. The van der Waals surface area contributed by atoms with Crippen LogP contribution in [0.3, 0.4) is 0 Å². The lowest BCUT2D eigenvalue weighted by molar-refractivity contribution is 0.417. The van der Waals surface area contributed by atoms with Crippen LogP contribution in [-0.2, 0) is 17.1 Å². The van der Waals surface area contributed by atoms with Crippen molar-refractivity contribution >= 4 is 59.9 Å². The monoisotopic (exact) mass is 446 g/mol. The molecule has 5 rings (SSSR count). The summed E-state index contributed by atoms with van der Waals surface area (Å²) in [7, 11) is 0.212. The molecule has 0 aliphatic carbocycles. The number of nitrogens with zero attached hydrogens (tertiary/aromatic N) is 2. The third kappa shape index (κ3) is 3.48. The smallest absolute Gasteiger partial charge is 0.229 e. The van der Waals surface area contributed by atoms with E-state index in [1.165, 1.54) is 0 Å². The highest BCUT2D eigenvalue weighted by Gasteiger charge is 2.16. The molecule has 0 radical (unpaired) electrons. The van der Waals surface area contributed by atoms with Crippen molar-refractivity contribution < 1.29 is 13.2 Å². The number of sulfonamides is 1. The predicted octanol–water partition coefficient (Wildman–Crippen LogP) is 5.00. The van der Waals surface area contributed by atoms with Gasteiger partial charge in [0.15, 0.2) is 0 Å². The number of anilines is 3. The van der Waals surface area contributed by atoms with Gasteiger partial charge < -0.3 is 14.6 Å². The molecule has 2 N–H and O–H groups in total. The summed E-state index contributed by atoms with van der Waals surface area (Å²) >= 11 is 0. The van der Waals surface area contributed by atoms with Gasteiger partial charge >= 0.3 is 0 Å². The maximum Gasteiger partial charge on any atom is 0.229 e. The summed E-state index contributed by atoms with van der Waals surface area (Å²) in [5.74, 6) is 0.522. The van der Waals surface area contributed by atoms with Crippen molar-refractivity contribution in [2.75, 3.05) is 23.4 Å². The zero-order valence-electron chi connectivity index (χ0n) is 17.9. The summed E-state index contributed by atoms with van der Waals surface area (Å²) in [5.41, 5.74) is 6.01. The standard InChI is InChI=1S/C24H22N4O3S/c1-28-20-10-6-9-19(23(20)24-21(28)13-15-7-4-5-8-17(15)26-24)25-18-12-11-16(14-22(18)31-2)27-32(3,29)30/h4-14,25,27H,1-3H3. The Morgan fingerprint density at radius 1 is 0.938 bits per heavy atom. The van der Waals surface area contributed by atoms with Gasteiger partial charge in [-0.2, -0.15) is 0 Å². The zero-order valence-corrected chi connectivity index (χ0v) is 18.7. The average molecular weight is 447 g/mol. The number of hydrogen-bond donors (Lipinski definition) is 2. The molecular formula is C24H22N4O3S. The van der Waals surface area contributed by atoms with Gasteiger partial charge in [0.2, 0.25) is 10.0 Å². The van der Waals surface area contributed by atoms with E-state index >= 15 is 0 Å². The van der Waals surface area contributed by atoms with Gasteiger partial charge in [-0.1, -0.05) is 24.3 Å². The number of ether oxygens (including phenoxy) is 1. The second-order valence-corrected chi connectivity index (χ2v) is 9.47. The van der Waals surface area contributed by atoms with Gasteiger partial charge in [0.25, 0.3) is 0 Å². The Hall–Kier alpha value is -3.78. The van der Waals surface area contributed by atoms with E-state index in [0.717, 1.165) is 50.5 Å². The SMILES string of the molecule is COc1cc(NS(C)(=O)=O)ccc1Nc1cccc2c1c1nc3ccccc3cc1n2C. The summed E-state index contributed by atoms with van der Waals surface area (Å²) in [6.45, 7) is 0. The largest absolute Gasteiger partial charge is 0.494 e. The minimum absolute atomic E-state index is 0.436. The van der Waals surface area contributed by atoms with E-state index in [1.807, 2.05) is 37.4 Å². The Morgan fingerprint density at radius 3 is 2.53 bits per heavy atom. The lowest BCUT2D eigenvalue weighted by Gasteiger charge is -2.14. The van der Waals surface area contributed by atoms with Crippen LogP contribution >= 0.6 is 0 Å². The number of aryl methyl sites for hydroxylation is 1. The van der Waals surface area contributed by atoms with Gasteiger partial charge in [0, 0.05) is 23.9 Å². The highest BCUT2D eigenvalue weighted by atomic mass is 32.2. The van der Waals surface area contributed by atoms with E-state index < -0.39 is 10.0 Å². The first-order chi connectivity index (χ1) is 15.3. The molecule has 0 fully saturated rings. The molecular weight excluding hydrogens is 424 g/mol. The van der Waals surface area contributed by atoms with Crippen molar-refractivity contribution in [3.63, 3.8) is 0 Å². The molecule has 0 unspecified atom stereocenters. The number of methoxy groups -OCH3 is 1. The van der Waals surface area contributed by atoms with Crippen LogP contribution in [0.25, 0.3) is 32.8 Å². The summed E-state index contributed by atoms with van der Waals surface area (Å²) in [6, 6.07) is 21.4. The van der Waals surface area contributed by atoms with Crippen LogP contribution in [0.15, 0.2) is 66.7 Å². The highest BCUT2D eigenvalue weighted by molar-refractivity contribution is 7.92. The summed E-state index contributed by atoms with van der Waals surface area (Å²) in [6.07, 6.45) is 1.11. The topological polar surface area (TPSA) is 85.2 Å². The molecule has 0 aliphatic rings. The Labute approximate surface area is 185 Å². The molecule has 0 spiro atoms. The third-order valence-corrected chi connectivity index (χ3v) is 6.09. The van der Waals surface area contributed by atoms with E-state index in [1.54, 1.807) is 25.3 Å². The molecule has 5 aromatic rings. The molecule has 0 saturated heterocycles. The molecule has 0 saturated carbocycles. The number of hydrogen-bond acceptors (Lipinski definition) is 5. The summed E-state index contributed by atoms with van der Waals surface area (Å²) in [5, 5.41) is 5.56. The van der Waals surface area contributed by atoms with Gasteiger partial charge in [0.1, 0.15) is 5.75 Å². The van der Waals surface area contributed by atoms with Crippen molar-refractivity contribution in [3.8, 4) is 5.75 Å². The first kappa shape index (κ1) is 20.1. The van der Waals surface area contributed by atoms with Crippen LogP contribution in [0.4, 0.5) is 17.1 Å². The van der Waals surface area contributed by atoms with Crippen molar-refractivity contribution in [1.82, 2.24) is 9.55 Å². The van der Waals surface area contributed by atoms with Gasteiger partial charge in [-0.05, 0) is 36.4 Å². The third-order valence-electron chi connectivity index (χ3n) is 5.48. The average Bonchev–Trinajstić information content (AvgIpc) is 3.04. The maximum atomic E-state index is 11.6. The van der Waals surface area contributed by atoms with Crippen LogP contribution in [0.2, 0.25) is 0 Å². The Morgan fingerprint density at radius 2 is 1.75 bits per heavy atom. The summed E-state index contributed by atoms with van der Waals surface area (Å²) < 4.78 is 33.3. The van der Waals surface area contributed by atoms with E-state index in [4.69, 9.17) is 9.72 Å². The van der Waals surface area contributed by atoms with Gasteiger partial charge in [-0.3, -0.25) is 4.72 Å². The van der Waals surface area contributed by atoms with E-state index in [2.05, 4.69) is 32.8 Å². The van der Waals surface area contributed by atoms with Crippen LogP contribution in [0, 0.1) is 0 Å². The first-order valence-corrected chi connectivity index (χ1v) is 11.9. The predicted molar refractivity (Wildman–Crippen MR) is 130 cm³/mol. The Balaban J connectivity index is 1.66. The fourth-order valence-corrected chi connectivity index (χ4v) is 4.62. The Kier molecular flexibility index (Phi) is 4.67. The van der Waals surface area contributed by atoms with Crippen LogP contribution in [0.5, 0.6) is 5.75 Å². The maximum absolute atomic E-state index is 11.6. The van der Waals surface area contributed by atoms with Crippen molar-refractivity contribution in [3.05, 3.63) is 66.7 Å². The number of pyridine rings is 1. The normalized spacial score (nSPS) is 11.8. The lowest BCUT2D eigenvalue weighted by Crippen LogP contribution is -2.09. The van der Waals surface area contributed by atoms with Gasteiger partial charge in [-0.15, -0.1) is 0 Å². The second kappa shape index (κ2) is 7.42. The number of para-hydroxylation sites is 1. The van der Waals surface area contributed by atoms with E-state index in [0.29, 0.717) is 11.4 Å². The van der Waals surface area contributed by atoms with E-state index in [9.17, 15) is 8.42 Å². The van der Waals surface area contributed by atoms with Crippen LogP contribution < -0.4 is 14.8 Å². The fraction of sp³-hybridized carbons (Fsp3) is 0.125. The molecule has 2 aromatic heterocycles. The highest BCUT2D eigenvalue weighted by Crippen LogP contribution is 2.38. The fourth-order valence-electron chi connectivity index (χ4n) is 4.06. The van der Waals surface area contributed by atoms with Gasteiger partial charge in [-0.25, -0.2) is 13.4 Å². The number of benzene rings is 3. The second-order valence-electron chi connectivity index (χ2n) is 7.72. The summed E-state index contributed by atoms with van der Waals surface area (Å²) in [4.78, 5) is 4.96. The quantitative estimate of drug-likeness (QED) is 0.397. The van der Waals surface area contributed by atoms with E-state index in [-0.39, 0.29) is 0 Å². The molecule has 0 bridgehead atoms. The molecule has 0 amide bonds. The molecule has 7 nitrogen and oxygen atoms in total. The van der Waals surface area contributed by atoms with Gasteiger partial charge in [0.05, 0.1) is 52.5 Å². The molecule has 2 heterocycles. The molecule has 162 valence electrons. The Bertz CT molecular complexity index is 1610. The molecule has 8 heteroatoms. The van der Waals surface area contributed by atoms with Crippen molar-refractivity contribution in [2.24, 2.45) is 7.05 Å². The molecule has 3 aromatic carbocycles. The number of rotatable bonds is 5. The molecule has 32 heavy (non-hydrogen) atoms. The van der Waals surface area contributed by atoms with Crippen LogP contribution in [0.1, 0.15) is 0 Å². The lowest BCUT2D eigenvalue weighted by atomic mass is 10.1. The minimum atomic E-state index is -3.38. The number of fused-ring (bicyclic) bond motifs is 4. The minimum Gasteiger partial charge on any atom is -0.494 e. The number of nitrogens with one attached hydrogen (secondary N) is 2. The first-order valence-electron chi connectivity index (χ1n) is 10.0. The number of aromatic nitrogens is 2. The van der Waals surface area contributed by atoms with Crippen molar-refractivity contribution in [1.29, 1.82) is 0 Å². The van der Waals surface area contributed by atoms with Crippen LogP contribution in [-0.4, -0.2) is 31.3 Å². The van der Waals surface area contributed by atoms with Crippen molar-refractivity contribution in [2.45, 2.75) is 0 Å². The zero-order chi connectivity index (χ0) is 22.5. The molecule has 0 atom stereocenters.